The number of carbonyl (C=O) groups excluding carboxylic acids is 1. The van der Waals surface area contributed by atoms with Gasteiger partial charge in [-0.3, -0.25) is 10.1 Å². The van der Waals surface area contributed by atoms with Gasteiger partial charge in [0.05, 0.1) is 12.6 Å². The van der Waals surface area contributed by atoms with Crippen molar-refractivity contribution in [2.75, 3.05) is 32.0 Å². The molecule has 1 fully saturated rings. The van der Waals surface area contributed by atoms with Gasteiger partial charge in [-0.05, 0) is 17.7 Å². The highest BCUT2D eigenvalue weighted by molar-refractivity contribution is 7.99. The summed E-state index contributed by atoms with van der Waals surface area (Å²) in [4.78, 5) is 11.8. The highest BCUT2D eigenvalue weighted by atomic mass is 35.5. The first-order chi connectivity index (χ1) is 9.79. The lowest BCUT2D eigenvalue weighted by Crippen LogP contribution is -2.41. The molecule has 2 N–H and O–H groups in total. The van der Waals surface area contributed by atoms with E-state index in [1.807, 2.05) is 24.3 Å². The van der Waals surface area contributed by atoms with Crippen molar-refractivity contribution < 1.29 is 14.3 Å². The molecule has 0 aromatic heterocycles. The molecule has 0 spiro atoms. The minimum atomic E-state index is -0.0587. The Balaban J connectivity index is 0.00000220. The van der Waals surface area contributed by atoms with E-state index in [-0.39, 0.29) is 24.4 Å². The van der Waals surface area contributed by atoms with Gasteiger partial charge in [0, 0.05) is 25.3 Å². The van der Waals surface area contributed by atoms with Crippen molar-refractivity contribution in [2.24, 2.45) is 0 Å². The van der Waals surface area contributed by atoms with Gasteiger partial charge in [0.2, 0.25) is 5.91 Å². The number of thioether (sulfide) groups is 1. The Morgan fingerprint density at radius 3 is 2.76 bits per heavy atom. The zero-order valence-corrected chi connectivity index (χ0v) is 13.6. The van der Waals surface area contributed by atoms with Crippen LogP contribution in [0.1, 0.15) is 5.56 Å². The molecule has 1 aliphatic heterocycles. The second-order valence-corrected chi connectivity index (χ2v) is 5.51. The van der Waals surface area contributed by atoms with Crippen molar-refractivity contribution in [3.05, 3.63) is 29.8 Å². The van der Waals surface area contributed by atoms with Gasteiger partial charge in [0.1, 0.15) is 12.4 Å². The quantitative estimate of drug-likeness (QED) is 0.739. The summed E-state index contributed by atoms with van der Waals surface area (Å²) < 4.78 is 10.4. The van der Waals surface area contributed by atoms with Gasteiger partial charge in [-0.15, -0.1) is 24.2 Å². The van der Waals surface area contributed by atoms with Crippen LogP contribution in [0.15, 0.2) is 24.3 Å². The highest BCUT2D eigenvalue weighted by Crippen LogP contribution is 2.13. The van der Waals surface area contributed by atoms with Crippen LogP contribution < -0.4 is 15.4 Å². The molecule has 21 heavy (non-hydrogen) atoms. The number of methoxy groups -OCH3 is 1. The van der Waals surface area contributed by atoms with Crippen LogP contribution in [0.3, 0.4) is 0 Å². The normalized spacial score (nSPS) is 17.1. The number of benzene rings is 1. The molecule has 1 aromatic carbocycles. The Hall–Kier alpha value is -0.950. The van der Waals surface area contributed by atoms with Gasteiger partial charge in [0.25, 0.3) is 0 Å². The number of nitrogens with one attached hydrogen (secondary N) is 2. The first-order valence-corrected chi connectivity index (χ1v) is 7.74. The number of hydrogen-bond donors (Lipinski definition) is 2. The fourth-order valence-corrected chi connectivity index (χ4v) is 2.76. The molecule has 1 atom stereocenters. The second-order valence-electron chi connectivity index (χ2n) is 4.47. The lowest BCUT2D eigenvalue weighted by Gasteiger charge is -2.11. The Morgan fingerprint density at radius 2 is 2.14 bits per heavy atom. The maximum Gasteiger partial charge on any atom is 0.238 e. The molecular formula is C14H21ClN2O3S. The third-order valence-electron chi connectivity index (χ3n) is 2.98. The van der Waals surface area contributed by atoms with Gasteiger partial charge in [-0.25, -0.2) is 0 Å². The van der Waals surface area contributed by atoms with Gasteiger partial charge in [-0.2, -0.15) is 0 Å². The topological polar surface area (TPSA) is 59.6 Å². The molecule has 2 rings (SSSR count). The summed E-state index contributed by atoms with van der Waals surface area (Å²) >= 11 is 1.74. The Morgan fingerprint density at radius 1 is 1.38 bits per heavy atom. The average Bonchev–Trinajstić information content (AvgIpc) is 3.01. The van der Waals surface area contributed by atoms with E-state index in [2.05, 4.69) is 10.6 Å². The lowest BCUT2D eigenvalue weighted by atomic mass is 10.2. The summed E-state index contributed by atoms with van der Waals surface area (Å²) in [6, 6.07) is 7.66. The van der Waals surface area contributed by atoms with Crippen LogP contribution in [-0.4, -0.2) is 43.9 Å². The first kappa shape index (κ1) is 18.1. The number of amides is 1. The van der Waals surface area contributed by atoms with E-state index in [4.69, 9.17) is 9.47 Å². The molecule has 5 nitrogen and oxygen atoms in total. The summed E-state index contributed by atoms with van der Waals surface area (Å²) in [5.41, 5.74) is 1.06. The number of rotatable bonds is 7. The monoisotopic (exact) mass is 332 g/mol. The first-order valence-electron chi connectivity index (χ1n) is 6.59. The van der Waals surface area contributed by atoms with Gasteiger partial charge in [-0.1, -0.05) is 12.1 Å². The fraction of sp³-hybridized carbons (Fsp3) is 0.500. The van der Waals surface area contributed by atoms with Gasteiger partial charge >= 0.3 is 0 Å². The van der Waals surface area contributed by atoms with E-state index in [9.17, 15) is 4.79 Å². The maximum absolute atomic E-state index is 11.8. The van der Waals surface area contributed by atoms with E-state index < -0.39 is 0 Å². The Bertz CT molecular complexity index is 425. The average molecular weight is 333 g/mol. The summed E-state index contributed by atoms with van der Waals surface area (Å²) in [6.07, 6.45) is 0. The van der Waals surface area contributed by atoms with E-state index in [0.717, 1.165) is 22.9 Å². The van der Waals surface area contributed by atoms with Crippen LogP contribution in [0.25, 0.3) is 0 Å². The van der Waals surface area contributed by atoms with E-state index in [1.165, 1.54) is 0 Å². The third kappa shape index (κ3) is 6.13. The van der Waals surface area contributed by atoms with Crippen molar-refractivity contribution in [3.8, 4) is 5.75 Å². The lowest BCUT2D eigenvalue weighted by molar-refractivity contribution is -0.122. The van der Waals surface area contributed by atoms with Crippen LogP contribution in [-0.2, 0) is 16.1 Å². The second kappa shape index (κ2) is 9.89. The molecule has 1 saturated heterocycles. The minimum absolute atomic E-state index is 0. The molecule has 0 aliphatic carbocycles. The number of carbonyl (C=O) groups is 1. The Kier molecular flexibility index (Phi) is 8.52. The van der Waals surface area contributed by atoms with Crippen LogP contribution in [0.2, 0.25) is 0 Å². The summed E-state index contributed by atoms with van der Waals surface area (Å²) in [5.74, 6) is 2.57. The predicted octanol–water partition coefficient (Wildman–Crippen LogP) is 1.41. The molecule has 118 valence electrons. The highest BCUT2D eigenvalue weighted by Gasteiger charge is 2.21. The molecule has 0 bridgehead atoms. The van der Waals surface area contributed by atoms with Crippen molar-refractivity contribution in [2.45, 2.75) is 12.6 Å². The zero-order valence-electron chi connectivity index (χ0n) is 12.0. The molecule has 1 amide bonds. The molecule has 0 radical (unpaired) electrons. The smallest absolute Gasteiger partial charge is 0.238 e. The van der Waals surface area contributed by atoms with E-state index in [1.54, 1.807) is 18.9 Å². The van der Waals surface area contributed by atoms with Crippen LogP contribution in [0, 0.1) is 0 Å². The van der Waals surface area contributed by atoms with Crippen molar-refractivity contribution in [1.29, 1.82) is 0 Å². The molecular weight excluding hydrogens is 312 g/mol. The van der Waals surface area contributed by atoms with Crippen molar-refractivity contribution in [1.82, 2.24) is 10.6 Å². The molecule has 7 heteroatoms. The van der Waals surface area contributed by atoms with Gasteiger partial charge < -0.3 is 14.8 Å². The van der Waals surface area contributed by atoms with Crippen LogP contribution >= 0.6 is 24.2 Å². The molecule has 0 saturated carbocycles. The maximum atomic E-state index is 11.8. The standard InChI is InChI=1S/C14H20N2O3S.ClH/c1-18-6-7-19-12-4-2-11(3-5-12)8-15-14(17)13-9-20-10-16-13;/h2-5,13,16H,6-10H2,1H3,(H,15,17);1H. The third-order valence-corrected chi connectivity index (χ3v) is 3.92. The van der Waals surface area contributed by atoms with Gasteiger partial charge in [0.15, 0.2) is 0 Å². The van der Waals surface area contributed by atoms with Crippen LogP contribution in [0.4, 0.5) is 0 Å². The molecule has 1 unspecified atom stereocenters. The largest absolute Gasteiger partial charge is 0.491 e. The number of hydrogen-bond acceptors (Lipinski definition) is 5. The minimum Gasteiger partial charge on any atom is -0.491 e. The van der Waals surface area contributed by atoms with E-state index >= 15 is 0 Å². The van der Waals surface area contributed by atoms with E-state index in [0.29, 0.717) is 19.8 Å². The number of ether oxygens (including phenoxy) is 2. The SMILES string of the molecule is COCCOc1ccc(CNC(=O)C2CSCN2)cc1.Cl. The number of halogens is 1. The molecule has 1 heterocycles. The zero-order chi connectivity index (χ0) is 14.2. The Labute approximate surface area is 135 Å². The van der Waals surface area contributed by atoms with Crippen LogP contribution in [0.5, 0.6) is 5.75 Å². The van der Waals surface area contributed by atoms with Crippen molar-refractivity contribution >= 4 is 30.1 Å². The fourth-order valence-electron chi connectivity index (χ4n) is 1.82. The molecule has 1 aromatic rings. The predicted molar refractivity (Wildman–Crippen MR) is 87.2 cm³/mol. The van der Waals surface area contributed by atoms with Crippen molar-refractivity contribution in [3.63, 3.8) is 0 Å². The summed E-state index contributed by atoms with van der Waals surface area (Å²) in [5, 5.41) is 6.09. The molecule has 1 aliphatic rings. The summed E-state index contributed by atoms with van der Waals surface area (Å²) in [7, 11) is 1.65. The summed E-state index contributed by atoms with van der Waals surface area (Å²) in [6.45, 7) is 1.65.